The maximum absolute atomic E-state index is 10.7. The summed E-state index contributed by atoms with van der Waals surface area (Å²) in [7, 11) is 0. The van der Waals surface area contributed by atoms with Crippen molar-refractivity contribution in [3.8, 4) is 0 Å². The van der Waals surface area contributed by atoms with Crippen LogP contribution < -0.4 is 10.2 Å². The molecule has 3 N–H and O–H groups in total. The minimum absolute atomic E-state index is 0.123. The van der Waals surface area contributed by atoms with Crippen LogP contribution in [0.4, 0.5) is 11.8 Å². The van der Waals surface area contributed by atoms with Gasteiger partial charge >= 0.3 is 0 Å². The average molecular weight is 371 g/mol. The van der Waals surface area contributed by atoms with Gasteiger partial charge in [0.2, 0.25) is 5.95 Å². The van der Waals surface area contributed by atoms with Crippen LogP contribution in [0.3, 0.4) is 0 Å². The third kappa shape index (κ3) is 3.11. The standard InChI is InChI=1S/C19H25N5O3/c1-11-6-12-7-20-18(22-14-4-5-27-8-15(14)25)23-16(12)17(21-11)24-9-19(26,10-24)13-2-3-13/h6-7,13-15,25-26H,2-5,8-10H2,1H3,(H,20,22,23)/t14-,15-/m1/s1. The zero-order valence-corrected chi connectivity index (χ0v) is 15.4. The Morgan fingerprint density at radius 1 is 1.26 bits per heavy atom. The third-order valence-electron chi connectivity index (χ3n) is 5.88. The van der Waals surface area contributed by atoms with Gasteiger partial charge in [-0.15, -0.1) is 0 Å². The molecule has 0 radical (unpaired) electrons. The lowest BCUT2D eigenvalue weighted by molar-refractivity contribution is -0.0136. The predicted molar refractivity (Wildman–Crippen MR) is 101 cm³/mol. The number of β-amino-alcohol motifs (C(OH)–C–C–N with tert-alkyl or cyclic N) is 1. The molecule has 3 aliphatic rings. The molecule has 8 nitrogen and oxygen atoms in total. The van der Waals surface area contributed by atoms with E-state index < -0.39 is 11.7 Å². The highest BCUT2D eigenvalue weighted by Gasteiger charge is 2.52. The van der Waals surface area contributed by atoms with Crippen molar-refractivity contribution in [2.45, 2.75) is 43.9 Å². The van der Waals surface area contributed by atoms with E-state index in [1.807, 2.05) is 13.0 Å². The van der Waals surface area contributed by atoms with Crippen LogP contribution in [-0.4, -0.2) is 69.2 Å². The zero-order valence-electron chi connectivity index (χ0n) is 15.4. The van der Waals surface area contributed by atoms with Crippen LogP contribution in [0.2, 0.25) is 0 Å². The summed E-state index contributed by atoms with van der Waals surface area (Å²) in [4.78, 5) is 15.9. The van der Waals surface area contributed by atoms with Gasteiger partial charge in [-0.3, -0.25) is 0 Å². The molecule has 1 saturated carbocycles. The molecule has 0 spiro atoms. The van der Waals surface area contributed by atoms with Crippen molar-refractivity contribution in [1.29, 1.82) is 0 Å². The largest absolute Gasteiger partial charge is 0.389 e. The van der Waals surface area contributed by atoms with E-state index in [1.54, 1.807) is 6.20 Å². The summed E-state index contributed by atoms with van der Waals surface area (Å²) in [5.41, 5.74) is 1.11. The Kier molecular flexibility index (Phi) is 3.96. The molecule has 0 aromatic carbocycles. The van der Waals surface area contributed by atoms with E-state index in [4.69, 9.17) is 14.7 Å². The van der Waals surface area contributed by atoms with Crippen molar-refractivity contribution in [3.63, 3.8) is 0 Å². The monoisotopic (exact) mass is 371 g/mol. The van der Waals surface area contributed by atoms with Crippen LogP contribution >= 0.6 is 0 Å². The highest BCUT2D eigenvalue weighted by atomic mass is 16.5. The van der Waals surface area contributed by atoms with E-state index in [0.29, 0.717) is 44.6 Å². The first-order chi connectivity index (χ1) is 13.0. The Balaban J connectivity index is 1.43. The maximum Gasteiger partial charge on any atom is 0.223 e. The van der Waals surface area contributed by atoms with Crippen LogP contribution in [0.15, 0.2) is 12.3 Å². The normalized spacial score (nSPS) is 27.4. The van der Waals surface area contributed by atoms with Gasteiger partial charge in [0.25, 0.3) is 0 Å². The molecule has 144 valence electrons. The van der Waals surface area contributed by atoms with E-state index in [9.17, 15) is 10.2 Å². The number of aromatic nitrogens is 3. The lowest BCUT2D eigenvalue weighted by Crippen LogP contribution is -2.63. The number of pyridine rings is 1. The summed E-state index contributed by atoms with van der Waals surface area (Å²) in [6.45, 7) is 4.11. The molecule has 5 rings (SSSR count). The smallest absolute Gasteiger partial charge is 0.223 e. The Bertz CT molecular complexity index is 866. The highest BCUT2D eigenvalue weighted by molar-refractivity contribution is 5.89. The molecule has 3 fully saturated rings. The third-order valence-corrected chi connectivity index (χ3v) is 5.88. The molecule has 0 amide bonds. The topological polar surface area (TPSA) is 104 Å². The number of aliphatic hydroxyl groups is 2. The predicted octanol–water partition coefficient (Wildman–Crippen LogP) is 0.856. The van der Waals surface area contributed by atoms with Gasteiger partial charge in [0.15, 0.2) is 5.82 Å². The van der Waals surface area contributed by atoms with Gasteiger partial charge in [-0.2, -0.15) is 0 Å². The number of nitrogens with zero attached hydrogens (tertiary/aromatic N) is 4. The van der Waals surface area contributed by atoms with Crippen molar-refractivity contribution >= 4 is 22.7 Å². The molecular formula is C19H25N5O3. The number of rotatable bonds is 4. The van der Waals surface area contributed by atoms with Crippen LogP contribution in [0.5, 0.6) is 0 Å². The lowest BCUT2D eigenvalue weighted by Gasteiger charge is -2.47. The second-order valence-corrected chi connectivity index (χ2v) is 8.13. The first kappa shape index (κ1) is 17.1. The van der Waals surface area contributed by atoms with Gasteiger partial charge in [-0.1, -0.05) is 0 Å². The van der Waals surface area contributed by atoms with Gasteiger partial charge in [0, 0.05) is 23.9 Å². The van der Waals surface area contributed by atoms with Gasteiger partial charge in [0.1, 0.15) is 11.1 Å². The SMILES string of the molecule is Cc1cc2cnc(N[C@@H]3CCOC[C@H]3O)nc2c(N2CC(O)(C3CC3)C2)n1. The van der Waals surface area contributed by atoms with Gasteiger partial charge in [-0.25, -0.2) is 15.0 Å². The fourth-order valence-corrected chi connectivity index (χ4v) is 4.14. The van der Waals surface area contributed by atoms with Crippen LogP contribution in [0, 0.1) is 12.8 Å². The van der Waals surface area contributed by atoms with Crippen molar-refractivity contribution in [2.75, 3.05) is 36.5 Å². The highest BCUT2D eigenvalue weighted by Crippen LogP contribution is 2.46. The number of nitrogens with one attached hydrogen (secondary N) is 1. The van der Waals surface area contributed by atoms with Crippen molar-refractivity contribution in [3.05, 3.63) is 18.0 Å². The molecule has 4 heterocycles. The molecular weight excluding hydrogens is 346 g/mol. The zero-order chi connectivity index (χ0) is 18.6. The van der Waals surface area contributed by atoms with Crippen LogP contribution in [0.25, 0.3) is 10.9 Å². The first-order valence-electron chi connectivity index (χ1n) is 9.66. The minimum atomic E-state index is -0.572. The number of anilines is 2. The quantitative estimate of drug-likeness (QED) is 0.727. The Labute approximate surface area is 157 Å². The Hall–Kier alpha value is -2.03. The van der Waals surface area contributed by atoms with Gasteiger partial charge in [-0.05, 0) is 38.2 Å². The molecule has 0 bridgehead atoms. The summed E-state index contributed by atoms with van der Waals surface area (Å²) in [6.07, 6.45) is 4.17. The van der Waals surface area contributed by atoms with E-state index in [2.05, 4.69) is 15.2 Å². The van der Waals surface area contributed by atoms with Gasteiger partial charge < -0.3 is 25.2 Å². The maximum atomic E-state index is 10.7. The van der Waals surface area contributed by atoms with Crippen molar-refractivity contribution in [2.24, 2.45) is 5.92 Å². The van der Waals surface area contributed by atoms with E-state index in [-0.39, 0.29) is 6.04 Å². The summed E-state index contributed by atoms with van der Waals surface area (Å²) < 4.78 is 5.28. The number of fused-ring (bicyclic) bond motifs is 1. The van der Waals surface area contributed by atoms with E-state index in [0.717, 1.165) is 35.3 Å². The van der Waals surface area contributed by atoms with Crippen LogP contribution in [0.1, 0.15) is 25.0 Å². The molecule has 1 aliphatic carbocycles. The Morgan fingerprint density at radius 2 is 2.07 bits per heavy atom. The molecule has 2 atom stereocenters. The fraction of sp³-hybridized carbons (Fsp3) is 0.632. The molecule has 2 aliphatic heterocycles. The van der Waals surface area contributed by atoms with Crippen molar-refractivity contribution < 1.29 is 14.9 Å². The molecule has 2 aromatic rings. The lowest BCUT2D eigenvalue weighted by atomic mass is 9.88. The summed E-state index contributed by atoms with van der Waals surface area (Å²) in [5, 5.41) is 24.9. The van der Waals surface area contributed by atoms with Gasteiger partial charge in [0.05, 0.1) is 31.8 Å². The van der Waals surface area contributed by atoms with Crippen molar-refractivity contribution in [1.82, 2.24) is 15.0 Å². The molecule has 2 aromatic heterocycles. The Morgan fingerprint density at radius 3 is 2.81 bits per heavy atom. The molecule has 8 heteroatoms. The molecule has 0 unspecified atom stereocenters. The second-order valence-electron chi connectivity index (χ2n) is 8.13. The molecule has 27 heavy (non-hydrogen) atoms. The minimum Gasteiger partial charge on any atom is -0.389 e. The number of aryl methyl sites for hydroxylation is 1. The number of ether oxygens (including phenoxy) is 1. The van der Waals surface area contributed by atoms with E-state index in [1.165, 1.54) is 0 Å². The molecule has 2 saturated heterocycles. The van der Waals surface area contributed by atoms with E-state index >= 15 is 0 Å². The second kappa shape index (κ2) is 6.25. The first-order valence-corrected chi connectivity index (χ1v) is 9.66. The average Bonchev–Trinajstić information content (AvgIpc) is 3.46. The summed E-state index contributed by atoms with van der Waals surface area (Å²) >= 11 is 0. The number of hydrogen-bond donors (Lipinski definition) is 3. The number of hydrogen-bond acceptors (Lipinski definition) is 8. The fourth-order valence-electron chi connectivity index (χ4n) is 4.14. The summed E-state index contributed by atoms with van der Waals surface area (Å²) in [6, 6.07) is 1.85. The number of aliphatic hydroxyl groups excluding tert-OH is 1. The van der Waals surface area contributed by atoms with Crippen LogP contribution in [-0.2, 0) is 4.74 Å². The summed E-state index contributed by atoms with van der Waals surface area (Å²) in [5.74, 6) is 1.72.